The van der Waals surface area contributed by atoms with E-state index in [0.717, 1.165) is 0 Å². The van der Waals surface area contributed by atoms with E-state index >= 15 is 0 Å². The quantitative estimate of drug-likeness (QED) is 0.804. The van der Waals surface area contributed by atoms with Crippen LogP contribution in [0.15, 0.2) is 65.8 Å². The van der Waals surface area contributed by atoms with Crippen molar-refractivity contribution in [2.75, 3.05) is 0 Å². The molecule has 0 spiro atoms. The number of nitrogens with zero attached hydrogens (tertiary/aromatic N) is 2. The summed E-state index contributed by atoms with van der Waals surface area (Å²) < 4.78 is 5.40. The summed E-state index contributed by atoms with van der Waals surface area (Å²) >= 11 is 5.90. The number of benzene rings is 1. The van der Waals surface area contributed by atoms with Gasteiger partial charge in [-0.15, -0.1) is 0 Å². The first kappa shape index (κ1) is 12.8. The molecule has 2 heterocycles. The zero-order valence-corrected chi connectivity index (χ0v) is 11.2. The van der Waals surface area contributed by atoms with Gasteiger partial charge in [-0.05, 0) is 29.8 Å². The minimum absolute atomic E-state index is 0.398. The Morgan fingerprint density at radius 2 is 1.70 bits per heavy atom. The molecule has 3 aromatic rings. The summed E-state index contributed by atoms with van der Waals surface area (Å²) in [6.45, 7) is 0. The maximum Gasteiger partial charge on any atom is 0.176 e. The molecule has 0 saturated carbocycles. The first-order valence-corrected chi connectivity index (χ1v) is 6.37. The van der Waals surface area contributed by atoms with Gasteiger partial charge in [-0.25, -0.2) is 9.97 Å². The van der Waals surface area contributed by atoms with E-state index in [-0.39, 0.29) is 0 Å². The summed E-state index contributed by atoms with van der Waals surface area (Å²) in [5, 5.41) is 11.8. The molecule has 1 unspecified atom stereocenters. The number of hydrogen-bond donors (Lipinski definition) is 1. The van der Waals surface area contributed by atoms with Crippen LogP contribution < -0.4 is 0 Å². The second kappa shape index (κ2) is 5.07. The number of rotatable bonds is 3. The van der Waals surface area contributed by atoms with Crippen LogP contribution in [0.2, 0.25) is 5.02 Å². The molecule has 2 aromatic heterocycles. The van der Waals surface area contributed by atoms with E-state index in [2.05, 4.69) is 9.97 Å². The first-order chi connectivity index (χ1) is 9.71. The molecule has 0 aliphatic carbocycles. The Labute approximate surface area is 120 Å². The highest BCUT2D eigenvalue weighted by molar-refractivity contribution is 6.30. The lowest BCUT2D eigenvalue weighted by Crippen LogP contribution is -2.28. The van der Waals surface area contributed by atoms with Crippen molar-refractivity contribution in [3.05, 3.63) is 83.3 Å². The minimum atomic E-state index is -1.45. The van der Waals surface area contributed by atoms with Crippen LogP contribution in [-0.2, 0) is 5.60 Å². The second-order valence-corrected chi connectivity index (χ2v) is 4.76. The SMILES string of the molecule is OC(c1ccc(Cl)cc1)(c1cncnc1)c1ccco1. The highest BCUT2D eigenvalue weighted by atomic mass is 35.5. The van der Waals surface area contributed by atoms with E-state index in [0.29, 0.717) is 21.9 Å². The molecule has 3 rings (SSSR count). The van der Waals surface area contributed by atoms with Crippen molar-refractivity contribution in [1.82, 2.24) is 9.97 Å². The molecule has 0 amide bonds. The summed E-state index contributed by atoms with van der Waals surface area (Å²) in [6, 6.07) is 10.4. The predicted molar refractivity (Wildman–Crippen MR) is 74.3 cm³/mol. The van der Waals surface area contributed by atoms with Crippen LogP contribution in [0.3, 0.4) is 0 Å². The van der Waals surface area contributed by atoms with E-state index in [1.165, 1.54) is 12.6 Å². The van der Waals surface area contributed by atoms with Crippen molar-refractivity contribution in [2.24, 2.45) is 0 Å². The predicted octanol–water partition coefficient (Wildman–Crippen LogP) is 3.01. The number of halogens is 1. The third-order valence-corrected chi connectivity index (χ3v) is 3.37. The fourth-order valence-corrected chi connectivity index (χ4v) is 2.24. The van der Waals surface area contributed by atoms with Gasteiger partial charge in [-0.2, -0.15) is 0 Å². The molecular formula is C15H11ClN2O2. The van der Waals surface area contributed by atoms with Gasteiger partial charge in [0.05, 0.1) is 6.26 Å². The fourth-order valence-electron chi connectivity index (χ4n) is 2.11. The molecule has 0 aliphatic heterocycles. The normalized spacial score (nSPS) is 13.9. The lowest BCUT2D eigenvalue weighted by Gasteiger charge is -2.26. The smallest absolute Gasteiger partial charge is 0.176 e. The Balaban J connectivity index is 2.21. The number of furan rings is 1. The lowest BCUT2D eigenvalue weighted by molar-refractivity contribution is 0.0982. The van der Waals surface area contributed by atoms with Crippen molar-refractivity contribution in [1.29, 1.82) is 0 Å². The highest BCUT2D eigenvalue weighted by Crippen LogP contribution is 2.36. The van der Waals surface area contributed by atoms with Crippen LogP contribution >= 0.6 is 11.6 Å². The molecule has 0 bridgehead atoms. The van der Waals surface area contributed by atoms with Gasteiger partial charge in [0, 0.05) is 23.0 Å². The lowest BCUT2D eigenvalue weighted by atomic mass is 9.86. The van der Waals surface area contributed by atoms with Gasteiger partial charge >= 0.3 is 0 Å². The summed E-state index contributed by atoms with van der Waals surface area (Å²) in [6.07, 6.45) is 6.04. The third kappa shape index (κ3) is 2.09. The summed E-state index contributed by atoms with van der Waals surface area (Å²) in [7, 11) is 0. The molecule has 0 fully saturated rings. The van der Waals surface area contributed by atoms with Gasteiger partial charge in [-0.3, -0.25) is 0 Å². The largest absolute Gasteiger partial charge is 0.466 e. The van der Waals surface area contributed by atoms with Crippen molar-refractivity contribution in [3.63, 3.8) is 0 Å². The van der Waals surface area contributed by atoms with Crippen LogP contribution in [0.25, 0.3) is 0 Å². The Kier molecular flexibility index (Phi) is 3.26. The summed E-state index contributed by atoms with van der Waals surface area (Å²) in [5.74, 6) is 0.398. The van der Waals surface area contributed by atoms with Gasteiger partial charge in [0.15, 0.2) is 5.60 Å². The Morgan fingerprint density at radius 3 is 2.30 bits per heavy atom. The summed E-state index contributed by atoms with van der Waals surface area (Å²) in [4.78, 5) is 7.93. The van der Waals surface area contributed by atoms with Gasteiger partial charge in [0.2, 0.25) is 0 Å². The molecule has 0 saturated heterocycles. The van der Waals surface area contributed by atoms with Crippen LogP contribution in [0.5, 0.6) is 0 Å². The fraction of sp³-hybridized carbons (Fsp3) is 0.0667. The van der Waals surface area contributed by atoms with Crippen molar-refractivity contribution < 1.29 is 9.52 Å². The number of aliphatic hydroxyl groups is 1. The molecule has 0 aliphatic rings. The molecule has 100 valence electrons. The van der Waals surface area contributed by atoms with Crippen LogP contribution in [-0.4, -0.2) is 15.1 Å². The molecule has 1 N–H and O–H groups in total. The molecule has 0 radical (unpaired) electrons. The van der Waals surface area contributed by atoms with Gasteiger partial charge < -0.3 is 9.52 Å². The van der Waals surface area contributed by atoms with Crippen LogP contribution in [0.1, 0.15) is 16.9 Å². The Morgan fingerprint density at radius 1 is 1.00 bits per heavy atom. The van der Waals surface area contributed by atoms with Gasteiger partial charge in [-0.1, -0.05) is 23.7 Å². The van der Waals surface area contributed by atoms with Crippen molar-refractivity contribution >= 4 is 11.6 Å². The van der Waals surface area contributed by atoms with E-state index in [1.807, 2.05) is 0 Å². The van der Waals surface area contributed by atoms with Crippen LogP contribution in [0.4, 0.5) is 0 Å². The average molecular weight is 287 g/mol. The van der Waals surface area contributed by atoms with E-state index in [1.54, 1.807) is 48.8 Å². The molecule has 5 heteroatoms. The highest BCUT2D eigenvalue weighted by Gasteiger charge is 2.37. The van der Waals surface area contributed by atoms with Crippen LogP contribution in [0, 0.1) is 0 Å². The van der Waals surface area contributed by atoms with Crippen molar-refractivity contribution in [3.8, 4) is 0 Å². The monoisotopic (exact) mass is 286 g/mol. The maximum atomic E-state index is 11.2. The minimum Gasteiger partial charge on any atom is -0.466 e. The zero-order valence-electron chi connectivity index (χ0n) is 10.4. The zero-order chi connectivity index (χ0) is 14.0. The first-order valence-electron chi connectivity index (χ1n) is 5.99. The molecule has 20 heavy (non-hydrogen) atoms. The van der Waals surface area contributed by atoms with Gasteiger partial charge in [0.1, 0.15) is 12.1 Å². The Bertz CT molecular complexity index is 684. The molecule has 1 atom stereocenters. The van der Waals surface area contributed by atoms with Gasteiger partial charge in [0.25, 0.3) is 0 Å². The topological polar surface area (TPSA) is 59.2 Å². The average Bonchev–Trinajstić information content (AvgIpc) is 3.03. The van der Waals surface area contributed by atoms with E-state index in [9.17, 15) is 5.11 Å². The molecule has 1 aromatic carbocycles. The van der Waals surface area contributed by atoms with E-state index < -0.39 is 5.60 Å². The molecular weight excluding hydrogens is 276 g/mol. The number of hydrogen-bond acceptors (Lipinski definition) is 4. The molecule has 4 nitrogen and oxygen atoms in total. The maximum absolute atomic E-state index is 11.2. The second-order valence-electron chi connectivity index (χ2n) is 4.32. The summed E-state index contributed by atoms with van der Waals surface area (Å²) in [5.41, 5.74) is -0.293. The van der Waals surface area contributed by atoms with E-state index in [4.69, 9.17) is 16.0 Å². The standard InChI is InChI=1S/C15H11ClN2O2/c16-13-5-3-11(4-6-13)15(19,14-2-1-7-20-14)12-8-17-10-18-9-12/h1-10,19H. The number of aromatic nitrogens is 2. The third-order valence-electron chi connectivity index (χ3n) is 3.12. The Hall–Kier alpha value is -2.17. The van der Waals surface area contributed by atoms with Crippen molar-refractivity contribution in [2.45, 2.75) is 5.60 Å².